The van der Waals surface area contributed by atoms with Gasteiger partial charge < -0.3 is 10.1 Å². The highest BCUT2D eigenvalue weighted by molar-refractivity contribution is 5.78. The molecule has 4 aromatic rings. The number of amides is 1. The molecule has 0 saturated carbocycles. The van der Waals surface area contributed by atoms with E-state index in [9.17, 15) is 4.79 Å². The Balaban J connectivity index is 1.45. The largest absolute Gasteiger partial charge is 0.483 e. The number of carbonyl (C=O) groups is 1. The molecule has 0 bridgehead atoms. The van der Waals surface area contributed by atoms with Gasteiger partial charge in [-0.15, -0.1) is 0 Å². The van der Waals surface area contributed by atoms with E-state index in [0.29, 0.717) is 0 Å². The first-order valence-electron chi connectivity index (χ1n) is 10.3. The van der Waals surface area contributed by atoms with Gasteiger partial charge in [0.05, 0.1) is 11.7 Å². The number of nitrogens with one attached hydrogen (secondary N) is 1. The molecule has 0 aliphatic rings. The second-order valence-electron chi connectivity index (χ2n) is 7.22. The summed E-state index contributed by atoms with van der Waals surface area (Å²) < 4.78 is 5.91. The van der Waals surface area contributed by atoms with Crippen molar-refractivity contribution < 1.29 is 9.53 Å². The molecule has 0 spiro atoms. The number of benzene rings is 3. The van der Waals surface area contributed by atoms with Gasteiger partial charge in [0.25, 0.3) is 5.91 Å². The average molecular weight is 409 g/mol. The highest BCUT2D eigenvalue weighted by Crippen LogP contribution is 2.22. The van der Waals surface area contributed by atoms with Gasteiger partial charge in [0.15, 0.2) is 6.61 Å². The maximum Gasteiger partial charge on any atom is 0.258 e. The number of hydrogen-bond donors (Lipinski definition) is 1. The Morgan fingerprint density at radius 2 is 1.48 bits per heavy atom. The number of para-hydroxylation sites is 1. The third-order valence-electron chi connectivity index (χ3n) is 4.99. The summed E-state index contributed by atoms with van der Waals surface area (Å²) in [5, 5.41) is 3.06. The molecule has 1 N–H and O–H groups in total. The Labute approximate surface area is 182 Å². The first kappa shape index (κ1) is 20.4. The van der Waals surface area contributed by atoms with Crippen molar-refractivity contribution in [1.29, 1.82) is 0 Å². The Kier molecular flexibility index (Phi) is 6.71. The molecule has 1 heterocycles. The Morgan fingerprint density at radius 1 is 0.806 bits per heavy atom. The molecule has 4 rings (SSSR count). The van der Waals surface area contributed by atoms with E-state index in [2.05, 4.69) is 22.4 Å². The standard InChI is InChI=1S/C27H24N2O2/c30-26(29-27(22-13-5-2-6-14-22)24-16-9-10-18-28-24)20-31-25-17-8-7-15-23(25)19-21-11-3-1-4-12-21/h1-18,27H,19-20H2,(H,29,30). The molecule has 4 nitrogen and oxygen atoms in total. The topological polar surface area (TPSA) is 51.2 Å². The summed E-state index contributed by atoms with van der Waals surface area (Å²) in [6.45, 7) is -0.0675. The fourth-order valence-corrected chi connectivity index (χ4v) is 3.47. The van der Waals surface area contributed by atoms with Crippen LogP contribution in [0, 0.1) is 0 Å². The SMILES string of the molecule is O=C(COc1ccccc1Cc1ccccc1)NC(c1ccccc1)c1ccccn1. The van der Waals surface area contributed by atoms with E-state index in [-0.39, 0.29) is 18.6 Å². The van der Waals surface area contributed by atoms with Gasteiger partial charge in [-0.1, -0.05) is 84.9 Å². The van der Waals surface area contributed by atoms with Crippen molar-refractivity contribution in [2.24, 2.45) is 0 Å². The average Bonchev–Trinajstić information content (AvgIpc) is 2.84. The van der Waals surface area contributed by atoms with Crippen molar-refractivity contribution in [1.82, 2.24) is 10.3 Å². The van der Waals surface area contributed by atoms with Gasteiger partial charge in [-0.25, -0.2) is 0 Å². The van der Waals surface area contributed by atoms with Crippen molar-refractivity contribution in [3.63, 3.8) is 0 Å². The molecule has 4 heteroatoms. The predicted octanol–water partition coefficient (Wildman–Crippen LogP) is 4.96. The maximum atomic E-state index is 12.8. The Hall–Kier alpha value is -3.92. The minimum absolute atomic E-state index is 0.0675. The fraction of sp³-hybridized carbons (Fsp3) is 0.111. The van der Waals surface area contributed by atoms with E-state index >= 15 is 0 Å². The molecular formula is C27H24N2O2. The van der Waals surface area contributed by atoms with Crippen molar-refractivity contribution in [2.45, 2.75) is 12.5 Å². The molecule has 154 valence electrons. The van der Waals surface area contributed by atoms with Gasteiger partial charge in [-0.2, -0.15) is 0 Å². The van der Waals surface area contributed by atoms with Crippen LogP contribution in [-0.2, 0) is 11.2 Å². The molecule has 3 aromatic carbocycles. The molecule has 1 atom stereocenters. The normalized spacial score (nSPS) is 11.5. The number of rotatable bonds is 8. The summed E-state index contributed by atoms with van der Waals surface area (Å²) in [5.41, 5.74) is 4.00. The van der Waals surface area contributed by atoms with Crippen LogP contribution in [0.25, 0.3) is 0 Å². The third kappa shape index (κ3) is 5.58. The highest BCUT2D eigenvalue weighted by atomic mass is 16.5. The second-order valence-corrected chi connectivity index (χ2v) is 7.22. The predicted molar refractivity (Wildman–Crippen MR) is 122 cm³/mol. The smallest absolute Gasteiger partial charge is 0.258 e. The molecule has 0 aliphatic carbocycles. The van der Waals surface area contributed by atoms with E-state index < -0.39 is 0 Å². The van der Waals surface area contributed by atoms with Crippen molar-refractivity contribution >= 4 is 5.91 Å². The number of nitrogens with zero attached hydrogens (tertiary/aromatic N) is 1. The van der Waals surface area contributed by atoms with Crippen LogP contribution in [0.1, 0.15) is 28.4 Å². The number of aromatic nitrogens is 1. The van der Waals surface area contributed by atoms with Gasteiger partial charge >= 0.3 is 0 Å². The van der Waals surface area contributed by atoms with Gasteiger partial charge in [-0.05, 0) is 34.9 Å². The summed E-state index contributed by atoms with van der Waals surface area (Å²) in [6, 6.07) is 33.2. The monoisotopic (exact) mass is 408 g/mol. The maximum absolute atomic E-state index is 12.8. The van der Waals surface area contributed by atoms with Crippen LogP contribution in [0.15, 0.2) is 109 Å². The number of hydrogen-bond acceptors (Lipinski definition) is 3. The Bertz CT molecular complexity index is 1060. The van der Waals surface area contributed by atoms with Crippen LogP contribution < -0.4 is 10.1 Å². The first-order valence-corrected chi connectivity index (χ1v) is 10.3. The zero-order chi connectivity index (χ0) is 21.3. The minimum atomic E-state index is -0.335. The summed E-state index contributed by atoms with van der Waals surface area (Å²) in [4.78, 5) is 17.2. The molecule has 0 radical (unpaired) electrons. The fourth-order valence-electron chi connectivity index (χ4n) is 3.47. The number of carbonyl (C=O) groups excluding carboxylic acids is 1. The van der Waals surface area contributed by atoms with Gasteiger partial charge in [0.1, 0.15) is 5.75 Å². The second kappa shape index (κ2) is 10.2. The van der Waals surface area contributed by atoms with E-state index in [0.717, 1.165) is 29.0 Å². The summed E-state index contributed by atoms with van der Waals surface area (Å²) in [5.74, 6) is 0.518. The summed E-state index contributed by atoms with van der Waals surface area (Å²) in [6.07, 6.45) is 2.48. The molecule has 31 heavy (non-hydrogen) atoms. The van der Waals surface area contributed by atoms with Crippen LogP contribution in [0.4, 0.5) is 0 Å². The zero-order valence-corrected chi connectivity index (χ0v) is 17.1. The number of pyridine rings is 1. The Morgan fingerprint density at radius 3 is 2.23 bits per heavy atom. The molecule has 1 amide bonds. The lowest BCUT2D eigenvalue weighted by molar-refractivity contribution is -0.123. The van der Waals surface area contributed by atoms with Gasteiger partial charge in [0, 0.05) is 12.6 Å². The van der Waals surface area contributed by atoms with Crippen molar-refractivity contribution in [3.8, 4) is 5.75 Å². The van der Waals surface area contributed by atoms with Crippen molar-refractivity contribution in [2.75, 3.05) is 6.61 Å². The summed E-state index contributed by atoms with van der Waals surface area (Å²) >= 11 is 0. The summed E-state index contributed by atoms with van der Waals surface area (Å²) in [7, 11) is 0. The lowest BCUT2D eigenvalue weighted by atomic mass is 10.0. The zero-order valence-electron chi connectivity index (χ0n) is 17.1. The molecule has 0 saturated heterocycles. The molecular weight excluding hydrogens is 384 g/mol. The van der Waals surface area contributed by atoms with E-state index in [1.807, 2.05) is 91.0 Å². The molecule has 1 unspecified atom stereocenters. The molecule has 0 aliphatic heterocycles. The van der Waals surface area contributed by atoms with Gasteiger partial charge in [0.2, 0.25) is 0 Å². The van der Waals surface area contributed by atoms with Crippen molar-refractivity contribution in [3.05, 3.63) is 132 Å². The third-order valence-corrected chi connectivity index (χ3v) is 4.99. The van der Waals surface area contributed by atoms with E-state index in [1.54, 1.807) is 6.20 Å². The number of ether oxygens (including phenoxy) is 1. The lowest BCUT2D eigenvalue weighted by Crippen LogP contribution is -2.33. The van der Waals surface area contributed by atoms with Crippen LogP contribution >= 0.6 is 0 Å². The van der Waals surface area contributed by atoms with E-state index in [4.69, 9.17) is 4.74 Å². The minimum Gasteiger partial charge on any atom is -0.483 e. The van der Waals surface area contributed by atoms with Crippen LogP contribution in [0.5, 0.6) is 5.75 Å². The molecule has 0 fully saturated rings. The van der Waals surface area contributed by atoms with Crippen LogP contribution in [0.2, 0.25) is 0 Å². The molecule has 1 aromatic heterocycles. The van der Waals surface area contributed by atoms with Crippen LogP contribution in [-0.4, -0.2) is 17.5 Å². The lowest BCUT2D eigenvalue weighted by Gasteiger charge is -2.19. The van der Waals surface area contributed by atoms with E-state index in [1.165, 1.54) is 5.56 Å². The highest BCUT2D eigenvalue weighted by Gasteiger charge is 2.18. The van der Waals surface area contributed by atoms with Gasteiger partial charge in [-0.3, -0.25) is 9.78 Å². The van der Waals surface area contributed by atoms with Crippen LogP contribution in [0.3, 0.4) is 0 Å². The quantitative estimate of drug-likeness (QED) is 0.448. The first-order chi connectivity index (χ1) is 15.3.